The van der Waals surface area contributed by atoms with E-state index in [1.165, 1.54) is 6.20 Å². The molecule has 0 saturated heterocycles. The molecule has 27 heavy (non-hydrogen) atoms. The number of hydrogen-bond donors (Lipinski definition) is 1. The van der Waals surface area contributed by atoms with Gasteiger partial charge in [0.25, 0.3) is 0 Å². The van der Waals surface area contributed by atoms with E-state index in [1.54, 1.807) is 24.3 Å². The van der Waals surface area contributed by atoms with Crippen LogP contribution in [0.5, 0.6) is 0 Å². The molecular weight excluding hydrogens is 364 g/mol. The third-order valence-electron chi connectivity index (χ3n) is 4.16. The molecular formula is C20H19ClN4O2. The third kappa shape index (κ3) is 4.41. The van der Waals surface area contributed by atoms with Gasteiger partial charge in [-0.2, -0.15) is 10.1 Å². The van der Waals surface area contributed by atoms with Crippen molar-refractivity contribution in [2.24, 2.45) is 0 Å². The van der Waals surface area contributed by atoms with E-state index < -0.39 is 11.7 Å². The van der Waals surface area contributed by atoms with E-state index in [0.29, 0.717) is 22.8 Å². The van der Waals surface area contributed by atoms with Gasteiger partial charge in [-0.05, 0) is 37.6 Å². The maximum Gasteiger partial charge on any atom is 0.365 e. The number of rotatable bonds is 5. The first-order valence-corrected chi connectivity index (χ1v) is 8.95. The van der Waals surface area contributed by atoms with Gasteiger partial charge in [0.2, 0.25) is 5.91 Å². The molecule has 0 radical (unpaired) electrons. The zero-order chi connectivity index (χ0) is 19.4. The lowest BCUT2D eigenvalue weighted by atomic mass is 10.1. The van der Waals surface area contributed by atoms with Crippen molar-refractivity contribution in [1.82, 2.24) is 14.8 Å². The Morgan fingerprint density at radius 3 is 2.41 bits per heavy atom. The zero-order valence-corrected chi connectivity index (χ0v) is 15.8. The van der Waals surface area contributed by atoms with Crippen molar-refractivity contribution >= 4 is 23.2 Å². The van der Waals surface area contributed by atoms with Crippen molar-refractivity contribution in [1.29, 1.82) is 0 Å². The van der Waals surface area contributed by atoms with Crippen molar-refractivity contribution in [3.05, 3.63) is 75.8 Å². The van der Waals surface area contributed by atoms with Crippen molar-refractivity contribution in [3.63, 3.8) is 0 Å². The maximum absolute atomic E-state index is 12.6. The molecule has 0 saturated carbocycles. The number of amides is 1. The van der Waals surface area contributed by atoms with Crippen LogP contribution in [0, 0.1) is 6.92 Å². The van der Waals surface area contributed by atoms with Crippen LogP contribution >= 0.6 is 11.6 Å². The van der Waals surface area contributed by atoms with E-state index in [-0.39, 0.29) is 5.91 Å². The number of aryl methyl sites for hydroxylation is 1. The number of carbonyl (C=O) groups is 1. The van der Waals surface area contributed by atoms with Crippen molar-refractivity contribution in [3.8, 4) is 11.3 Å². The van der Waals surface area contributed by atoms with E-state index in [4.69, 9.17) is 11.6 Å². The Kier molecular flexibility index (Phi) is 5.66. The zero-order valence-electron chi connectivity index (χ0n) is 15.0. The summed E-state index contributed by atoms with van der Waals surface area (Å²) in [6.45, 7) is 3.80. The number of nitrogens with zero attached hydrogens (tertiary/aromatic N) is 3. The summed E-state index contributed by atoms with van der Waals surface area (Å²) in [6.07, 6.45) is 1.90. The Morgan fingerprint density at radius 1 is 1.15 bits per heavy atom. The van der Waals surface area contributed by atoms with Gasteiger partial charge in [-0.15, -0.1) is 0 Å². The Labute approximate surface area is 161 Å². The lowest BCUT2D eigenvalue weighted by Gasteiger charge is -2.16. The SMILES string of the molecule is CC[C@@H](C(=O)Nc1ccc(Cl)cc1)n1ncc(-c2ccc(C)cc2)nc1=O. The number of nitrogens with one attached hydrogen (secondary N) is 1. The van der Waals surface area contributed by atoms with Gasteiger partial charge in [0.15, 0.2) is 0 Å². The van der Waals surface area contributed by atoms with E-state index in [2.05, 4.69) is 15.4 Å². The lowest BCUT2D eigenvalue weighted by molar-refractivity contribution is -0.119. The Bertz CT molecular complexity index is 998. The van der Waals surface area contributed by atoms with E-state index in [9.17, 15) is 9.59 Å². The highest BCUT2D eigenvalue weighted by atomic mass is 35.5. The minimum Gasteiger partial charge on any atom is -0.324 e. The molecule has 1 N–H and O–H groups in total. The molecule has 0 unspecified atom stereocenters. The molecule has 6 nitrogen and oxygen atoms in total. The molecule has 1 atom stereocenters. The largest absolute Gasteiger partial charge is 0.365 e. The van der Waals surface area contributed by atoms with Gasteiger partial charge in [0.1, 0.15) is 6.04 Å². The summed E-state index contributed by atoms with van der Waals surface area (Å²) in [5.74, 6) is -0.334. The third-order valence-corrected chi connectivity index (χ3v) is 4.41. The van der Waals surface area contributed by atoms with Gasteiger partial charge >= 0.3 is 5.69 Å². The molecule has 138 valence electrons. The molecule has 0 aliphatic rings. The van der Waals surface area contributed by atoms with Crippen LogP contribution < -0.4 is 11.0 Å². The highest BCUT2D eigenvalue weighted by Crippen LogP contribution is 2.18. The molecule has 1 heterocycles. The van der Waals surface area contributed by atoms with Crippen LogP contribution in [0.15, 0.2) is 59.5 Å². The predicted molar refractivity (Wildman–Crippen MR) is 106 cm³/mol. The second-order valence-corrected chi connectivity index (χ2v) is 6.59. The molecule has 0 bridgehead atoms. The molecule has 0 fully saturated rings. The fourth-order valence-corrected chi connectivity index (χ4v) is 2.78. The summed E-state index contributed by atoms with van der Waals surface area (Å²) >= 11 is 5.85. The first kappa shape index (κ1) is 18.8. The fourth-order valence-electron chi connectivity index (χ4n) is 2.65. The molecule has 7 heteroatoms. The Balaban J connectivity index is 1.84. The first-order valence-electron chi connectivity index (χ1n) is 8.57. The van der Waals surface area contributed by atoms with E-state index in [0.717, 1.165) is 15.8 Å². The topological polar surface area (TPSA) is 76.9 Å². The summed E-state index contributed by atoms with van der Waals surface area (Å²) in [6, 6.07) is 13.6. The normalized spacial score (nSPS) is 11.8. The highest BCUT2D eigenvalue weighted by Gasteiger charge is 2.22. The molecule has 3 aromatic rings. The number of anilines is 1. The second-order valence-electron chi connectivity index (χ2n) is 6.15. The number of carbonyl (C=O) groups excluding carboxylic acids is 1. The number of halogens is 1. The molecule has 3 rings (SSSR count). The van der Waals surface area contributed by atoms with Crippen LogP contribution in [-0.4, -0.2) is 20.7 Å². The van der Waals surface area contributed by atoms with Crippen LogP contribution in [0.2, 0.25) is 5.02 Å². The molecule has 0 spiro atoms. The van der Waals surface area contributed by atoms with E-state index >= 15 is 0 Å². The van der Waals surface area contributed by atoms with Crippen LogP contribution in [0.1, 0.15) is 24.9 Å². The molecule has 1 aromatic heterocycles. The second kappa shape index (κ2) is 8.14. The quantitative estimate of drug-likeness (QED) is 0.726. The fraction of sp³-hybridized carbons (Fsp3) is 0.200. The molecule has 0 aliphatic heterocycles. The summed E-state index contributed by atoms with van der Waals surface area (Å²) in [5.41, 5.74) is 2.43. The standard InChI is InChI=1S/C20H19ClN4O2/c1-3-18(19(26)23-16-10-8-15(21)9-11-16)25-20(27)24-17(12-22-25)14-6-4-13(2)5-7-14/h4-12,18H,3H2,1-2H3,(H,23,26)/t18-/m0/s1. The minimum absolute atomic E-state index is 0.334. The summed E-state index contributed by atoms with van der Waals surface area (Å²) in [4.78, 5) is 29.2. The number of hydrogen-bond acceptors (Lipinski definition) is 4. The summed E-state index contributed by atoms with van der Waals surface area (Å²) < 4.78 is 1.11. The van der Waals surface area contributed by atoms with Crippen molar-refractivity contribution in [2.45, 2.75) is 26.3 Å². The summed E-state index contributed by atoms with van der Waals surface area (Å²) in [7, 11) is 0. The molecule has 1 amide bonds. The molecule has 0 aliphatic carbocycles. The minimum atomic E-state index is -0.757. The van der Waals surface area contributed by atoms with Gasteiger partial charge in [0, 0.05) is 16.3 Å². The van der Waals surface area contributed by atoms with Gasteiger partial charge in [0.05, 0.1) is 11.9 Å². The molecule has 2 aromatic carbocycles. The van der Waals surface area contributed by atoms with Gasteiger partial charge in [-0.1, -0.05) is 48.4 Å². The van der Waals surface area contributed by atoms with Gasteiger partial charge in [-0.3, -0.25) is 4.79 Å². The van der Waals surface area contributed by atoms with Crippen LogP contribution in [0.25, 0.3) is 11.3 Å². The summed E-state index contributed by atoms with van der Waals surface area (Å²) in [5, 5.41) is 7.54. The van der Waals surface area contributed by atoms with Crippen LogP contribution in [-0.2, 0) is 4.79 Å². The Hall–Kier alpha value is -2.99. The van der Waals surface area contributed by atoms with Crippen LogP contribution in [0.4, 0.5) is 5.69 Å². The van der Waals surface area contributed by atoms with Gasteiger partial charge < -0.3 is 5.32 Å². The van der Waals surface area contributed by atoms with Crippen molar-refractivity contribution in [2.75, 3.05) is 5.32 Å². The van der Waals surface area contributed by atoms with E-state index in [1.807, 2.05) is 38.1 Å². The van der Waals surface area contributed by atoms with Gasteiger partial charge in [-0.25, -0.2) is 9.48 Å². The average Bonchev–Trinajstić information content (AvgIpc) is 2.66. The lowest BCUT2D eigenvalue weighted by Crippen LogP contribution is -2.36. The van der Waals surface area contributed by atoms with Crippen LogP contribution in [0.3, 0.4) is 0 Å². The first-order chi connectivity index (χ1) is 13.0. The number of benzene rings is 2. The smallest absolute Gasteiger partial charge is 0.324 e. The monoisotopic (exact) mass is 382 g/mol. The Morgan fingerprint density at radius 2 is 1.81 bits per heavy atom. The average molecular weight is 383 g/mol. The number of aromatic nitrogens is 3. The maximum atomic E-state index is 12.6. The highest BCUT2D eigenvalue weighted by molar-refractivity contribution is 6.30. The van der Waals surface area contributed by atoms with Crippen molar-refractivity contribution < 1.29 is 4.79 Å². The predicted octanol–water partition coefficient (Wildman–Crippen LogP) is 3.86.